The molecule has 1 aromatic heterocycles. The topological polar surface area (TPSA) is 54.5 Å². The van der Waals surface area contributed by atoms with E-state index in [-0.39, 0.29) is 18.0 Å². The van der Waals surface area contributed by atoms with E-state index < -0.39 is 0 Å². The summed E-state index contributed by atoms with van der Waals surface area (Å²) in [5.74, 6) is 0.251. The zero-order valence-corrected chi connectivity index (χ0v) is 14.5. The second kappa shape index (κ2) is 7.61. The quantitative estimate of drug-likeness (QED) is 0.866. The van der Waals surface area contributed by atoms with Gasteiger partial charge in [0.1, 0.15) is 11.9 Å². The fourth-order valence-corrected chi connectivity index (χ4v) is 2.86. The molecule has 7 heteroatoms. The van der Waals surface area contributed by atoms with E-state index in [1.165, 1.54) is 12.1 Å². The molecule has 5 nitrogen and oxygen atoms in total. The van der Waals surface area contributed by atoms with Crippen LogP contribution in [0.4, 0.5) is 9.18 Å². The van der Waals surface area contributed by atoms with Crippen LogP contribution >= 0.6 is 15.9 Å². The van der Waals surface area contributed by atoms with Crippen molar-refractivity contribution in [1.82, 2.24) is 15.2 Å². The van der Waals surface area contributed by atoms with Gasteiger partial charge in [0.05, 0.1) is 11.0 Å². The van der Waals surface area contributed by atoms with Crippen LogP contribution in [0.25, 0.3) is 0 Å². The highest BCUT2D eigenvalue weighted by Crippen LogP contribution is 2.24. The van der Waals surface area contributed by atoms with Crippen molar-refractivity contribution in [2.24, 2.45) is 0 Å². The molecule has 0 bridgehead atoms. The van der Waals surface area contributed by atoms with Crippen molar-refractivity contribution in [3.8, 4) is 5.88 Å². The van der Waals surface area contributed by atoms with Crippen LogP contribution in [0.5, 0.6) is 5.88 Å². The second-order valence-electron chi connectivity index (χ2n) is 5.55. The maximum absolute atomic E-state index is 12.9. The van der Waals surface area contributed by atoms with E-state index in [9.17, 15) is 9.18 Å². The van der Waals surface area contributed by atoms with Crippen molar-refractivity contribution in [2.45, 2.75) is 19.1 Å². The molecule has 3 rings (SSSR count). The highest BCUT2D eigenvalue weighted by molar-refractivity contribution is 9.10. The molecule has 1 aliphatic rings. The first-order chi connectivity index (χ1) is 11.6. The van der Waals surface area contributed by atoms with E-state index in [2.05, 4.69) is 26.2 Å². The minimum absolute atomic E-state index is 0.0761. The lowest BCUT2D eigenvalue weighted by Crippen LogP contribution is -2.39. The lowest BCUT2D eigenvalue weighted by Gasteiger charge is -2.18. The SMILES string of the molecule is O=C(NCc1ccc(F)cc1)N1CC[C@H](Oc2ncccc2Br)C1. The molecule has 2 amide bonds. The van der Waals surface area contributed by atoms with Gasteiger partial charge >= 0.3 is 6.03 Å². The van der Waals surface area contributed by atoms with Crippen molar-refractivity contribution in [3.63, 3.8) is 0 Å². The normalized spacial score (nSPS) is 16.9. The molecule has 1 fully saturated rings. The van der Waals surface area contributed by atoms with E-state index in [0.717, 1.165) is 16.5 Å². The Balaban J connectivity index is 1.49. The van der Waals surface area contributed by atoms with Crippen molar-refractivity contribution in [1.29, 1.82) is 0 Å². The fourth-order valence-electron chi connectivity index (χ4n) is 2.52. The predicted molar refractivity (Wildman–Crippen MR) is 91.2 cm³/mol. The molecule has 1 aliphatic heterocycles. The molecule has 0 unspecified atom stereocenters. The Bertz CT molecular complexity index is 711. The molecular weight excluding hydrogens is 377 g/mol. The maximum Gasteiger partial charge on any atom is 0.317 e. The summed E-state index contributed by atoms with van der Waals surface area (Å²) in [5, 5.41) is 2.84. The van der Waals surface area contributed by atoms with Crippen LogP contribution in [0.2, 0.25) is 0 Å². The van der Waals surface area contributed by atoms with Gasteiger partial charge < -0.3 is 15.0 Å². The van der Waals surface area contributed by atoms with Crippen LogP contribution in [0, 0.1) is 5.82 Å². The molecule has 2 aromatic rings. The summed E-state index contributed by atoms with van der Waals surface area (Å²) in [5.41, 5.74) is 0.856. The van der Waals surface area contributed by atoms with Gasteiger partial charge in [-0.2, -0.15) is 0 Å². The van der Waals surface area contributed by atoms with Gasteiger partial charge in [0.15, 0.2) is 0 Å². The number of aromatic nitrogens is 1. The molecule has 126 valence electrons. The van der Waals surface area contributed by atoms with Crippen molar-refractivity contribution >= 4 is 22.0 Å². The van der Waals surface area contributed by atoms with Gasteiger partial charge in [0.25, 0.3) is 0 Å². The Hall–Kier alpha value is -2.15. The van der Waals surface area contributed by atoms with E-state index in [1.807, 2.05) is 12.1 Å². The standard InChI is InChI=1S/C17H17BrFN3O2/c18-15-2-1-8-20-16(15)24-14-7-9-22(11-14)17(23)21-10-12-3-5-13(19)6-4-12/h1-6,8,14H,7,9-11H2,(H,21,23)/t14-/m0/s1. The number of rotatable bonds is 4. The number of nitrogens with one attached hydrogen (secondary N) is 1. The molecule has 0 spiro atoms. The van der Waals surface area contributed by atoms with Gasteiger partial charge in [-0.1, -0.05) is 12.1 Å². The van der Waals surface area contributed by atoms with Crippen molar-refractivity contribution < 1.29 is 13.9 Å². The number of carbonyl (C=O) groups excluding carboxylic acids is 1. The fraction of sp³-hybridized carbons (Fsp3) is 0.294. The Morgan fingerprint density at radius 1 is 1.38 bits per heavy atom. The van der Waals surface area contributed by atoms with Crippen molar-refractivity contribution in [3.05, 3.63) is 58.4 Å². The Kier molecular flexibility index (Phi) is 5.30. The summed E-state index contributed by atoms with van der Waals surface area (Å²) >= 11 is 3.40. The van der Waals surface area contributed by atoms with Gasteiger partial charge in [0.2, 0.25) is 5.88 Å². The number of hydrogen-bond acceptors (Lipinski definition) is 3. The molecule has 24 heavy (non-hydrogen) atoms. The highest BCUT2D eigenvalue weighted by atomic mass is 79.9. The number of ether oxygens (including phenoxy) is 1. The van der Waals surface area contributed by atoms with Gasteiger partial charge in [0, 0.05) is 25.7 Å². The highest BCUT2D eigenvalue weighted by Gasteiger charge is 2.28. The Labute approximate surface area is 148 Å². The van der Waals surface area contributed by atoms with E-state index in [0.29, 0.717) is 25.5 Å². The number of amides is 2. The smallest absolute Gasteiger partial charge is 0.317 e. The number of pyridine rings is 1. The molecular formula is C17H17BrFN3O2. The lowest BCUT2D eigenvalue weighted by molar-refractivity contribution is 0.182. The van der Waals surface area contributed by atoms with E-state index in [4.69, 9.17) is 4.74 Å². The van der Waals surface area contributed by atoms with Crippen LogP contribution in [0.1, 0.15) is 12.0 Å². The van der Waals surface area contributed by atoms with E-state index >= 15 is 0 Å². The Morgan fingerprint density at radius 3 is 2.92 bits per heavy atom. The van der Waals surface area contributed by atoms with Gasteiger partial charge in [-0.05, 0) is 45.8 Å². The first kappa shape index (κ1) is 16.7. The van der Waals surface area contributed by atoms with Crippen LogP contribution in [0.3, 0.4) is 0 Å². The summed E-state index contributed by atoms with van der Waals surface area (Å²) < 4.78 is 19.5. The number of likely N-dealkylation sites (tertiary alicyclic amines) is 1. The van der Waals surface area contributed by atoms with Crippen LogP contribution < -0.4 is 10.1 Å². The first-order valence-electron chi connectivity index (χ1n) is 7.66. The summed E-state index contributed by atoms with van der Waals surface area (Å²) in [6, 6.07) is 9.61. The number of hydrogen-bond donors (Lipinski definition) is 1. The third-order valence-electron chi connectivity index (χ3n) is 3.79. The van der Waals surface area contributed by atoms with Crippen molar-refractivity contribution in [2.75, 3.05) is 13.1 Å². The number of halogens is 2. The summed E-state index contributed by atoms with van der Waals surface area (Å²) in [6.07, 6.45) is 2.35. The molecule has 1 atom stereocenters. The van der Waals surface area contributed by atoms with Gasteiger partial charge in [-0.3, -0.25) is 0 Å². The maximum atomic E-state index is 12.9. The minimum atomic E-state index is -0.287. The van der Waals surface area contributed by atoms with Crippen LogP contribution in [-0.4, -0.2) is 35.1 Å². The molecule has 1 N–H and O–H groups in total. The minimum Gasteiger partial charge on any atom is -0.472 e. The predicted octanol–water partition coefficient (Wildman–Crippen LogP) is 3.35. The zero-order chi connectivity index (χ0) is 16.9. The zero-order valence-electron chi connectivity index (χ0n) is 12.9. The average molecular weight is 394 g/mol. The summed E-state index contributed by atoms with van der Waals surface area (Å²) in [4.78, 5) is 18.1. The van der Waals surface area contributed by atoms with E-state index in [1.54, 1.807) is 23.2 Å². The van der Waals surface area contributed by atoms with Crippen LogP contribution in [-0.2, 0) is 6.54 Å². The summed E-state index contributed by atoms with van der Waals surface area (Å²) in [7, 11) is 0. The molecule has 1 aromatic carbocycles. The molecule has 2 heterocycles. The van der Waals surface area contributed by atoms with Crippen LogP contribution in [0.15, 0.2) is 47.1 Å². The number of urea groups is 1. The first-order valence-corrected chi connectivity index (χ1v) is 8.45. The average Bonchev–Trinajstić information content (AvgIpc) is 3.05. The Morgan fingerprint density at radius 2 is 2.17 bits per heavy atom. The third-order valence-corrected chi connectivity index (χ3v) is 4.40. The lowest BCUT2D eigenvalue weighted by atomic mass is 10.2. The molecule has 0 aliphatic carbocycles. The summed E-state index contributed by atoms with van der Waals surface area (Å²) in [6.45, 7) is 1.51. The molecule has 0 radical (unpaired) electrons. The monoisotopic (exact) mass is 393 g/mol. The number of carbonyl (C=O) groups is 1. The largest absolute Gasteiger partial charge is 0.472 e. The second-order valence-corrected chi connectivity index (χ2v) is 6.40. The van der Waals surface area contributed by atoms with Gasteiger partial charge in [-0.25, -0.2) is 14.2 Å². The van der Waals surface area contributed by atoms with Gasteiger partial charge in [-0.15, -0.1) is 0 Å². The number of benzene rings is 1. The number of nitrogens with zero attached hydrogens (tertiary/aromatic N) is 2. The third kappa shape index (κ3) is 4.23. The molecule has 1 saturated heterocycles. The molecule has 0 saturated carbocycles.